The molecule has 2 aliphatic rings. The number of aromatic nitrogens is 4. The van der Waals surface area contributed by atoms with Gasteiger partial charge in [-0.1, -0.05) is 6.07 Å². The second-order valence-corrected chi connectivity index (χ2v) is 8.32. The first-order valence-electron chi connectivity index (χ1n) is 11.1. The Morgan fingerprint density at radius 3 is 2.73 bits per heavy atom. The number of nitrogens with one attached hydrogen (secondary N) is 1. The summed E-state index contributed by atoms with van der Waals surface area (Å²) < 4.78 is 0. The van der Waals surface area contributed by atoms with Gasteiger partial charge in [-0.25, -0.2) is 4.98 Å². The van der Waals surface area contributed by atoms with Crippen molar-refractivity contribution in [2.75, 3.05) is 13.1 Å². The molecule has 1 unspecified atom stereocenters. The fourth-order valence-electron chi connectivity index (χ4n) is 4.56. The number of carbonyl (C=O) groups excluding carboxylic acids is 2. The molecule has 1 atom stereocenters. The summed E-state index contributed by atoms with van der Waals surface area (Å²) in [6.07, 6.45) is 7.72. The molecule has 9 heteroatoms. The number of rotatable bonds is 3. The van der Waals surface area contributed by atoms with Crippen LogP contribution in [0.3, 0.4) is 0 Å². The van der Waals surface area contributed by atoms with Crippen molar-refractivity contribution in [2.24, 2.45) is 0 Å². The van der Waals surface area contributed by atoms with Gasteiger partial charge in [0, 0.05) is 37.2 Å². The number of amides is 2. The number of aromatic amines is 1. The van der Waals surface area contributed by atoms with Gasteiger partial charge in [-0.15, -0.1) is 0 Å². The molecular formula is C24H24N6O3. The molecule has 0 spiro atoms. The Balaban J connectivity index is 1.44. The van der Waals surface area contributed by atoms with Crippen molar-refractivity contribution in [1.29, 1.82) is 0 Å². The predicted octanol–water partition coefficient (Wildman–Crippen LogP) is 2.13. The molecule has 9 nitrogen and oxygen atoms in total. The molecule has 1 saturated heterocycles. The quantitative estimate of drug-likeness (QED) is 0.662. The monoisotopic (exact) mass is 444 g/mol. The van der Waals surface area contributed by atoms with Gasteiger partial charge in [-0.3, -0.25) is 24.4 Å². The van der Waals surface area contributed by atoms with E-state index in [-0.39, 0.29) is 30.0 Å². The third-order valence-electron chi connectivity index (χ3n) is 6.25. The first-order valence-corrected chi connectivity index (χ1v) is 11.1. The lowest BCUT2D eigenvalue weighted by molar-refractivity contribution is 0.0592. The summed E-state index contributed by atoms with van der Waals surface area (Å²) in [7, 11) is 0. The Labute approximate surface area is 190 Å². The van der Waals surface area contributed by atoms with Crippen molar-refractivity contribution in [1.82, 2.24) is 29.7 Å². The number of hydrogen-bond donors (Lipinski definition) is 1. The summed E-state index contributed by atoms with van der Waals surface area (Å²) in [5, 5.41) is 0. The summed E-state index contributed by atoms with van der Waals surface area (Å²) in [4.78, 5) is 58.3. The van der Waals surface area contributed by atoms with Crippen LogP contribution in [0.5, 0.6) is 0 Å². The number of H-pyrrole nitrogens is 1. The van der Waals surface area contributed by atoms with Crippen molar-refractivity contribution < 1.29 is 9.59 Å². The maximum absolute atomic E-state index is 13.1. The third kappa shape index (κ3) is 4.13. The predicted molar refractivity (Wildman–Crippen MR) is 119 cm³/mol. The number of fused-ring (bicyclic) bond motifs is 1. The smallest absolute Gasteiger partial charge is 0.273 e. The van der Waals surface area contributed by atoms with Crippen LogP contribution in [0, 0.1) is 0 Å². The largest absolute Gasteiger partial charge is 0.332 e. The number of hydrogen-bond acceptors (Lipinski definition) is 6. The maximum Gasteiger partial charge on any atom is 0.273 e. The maximum atomic E-state index is 13.1. The van der Waals surface area contributed by atoms with Gasteiger partial charge >= 0.3 is 0 Å². The average molecular weight is 444 g/mol. The Hall–Kier alpha value is -3.88. The lowest BCUT2D eigenvalue weighted by Crippen LogP contribution is -2.42. The topological polar surface area (TPSA) is 112 Å². The third-order valence-corrected chi connectivity index (χ3v) is 6.25. The van der Waals surface area contributed by atoms with E-state index in [1.54, 1.807) is 52.5 Å². The molecule has 0 aliphatic carbocycles. The summed E-state index contributed by atoms with van der Waals surface area (Å²) >= 11 is 0. The fraction of sp³-hybridized carbons (Fsp3) is 0.333. The summed E-state index contributed by atoms with van der Waals surface area (Å²) in [6, 6.07) is 8.36. The standard InChI is InChI=1S/C24H24N6O3/c31-22-17-9-13-29(23(32)16-6-5-10-25-14-16)15-19(17)27-21(28-22)20-8-2-4-12-30(20)24(33)18-7-1-3-11-26-18/h1,3,5-7,10-11,14,20H,2,4,8-9,12-13,15H2,(H,27,28,31). The number of pyridine rings is 2. The van der Waals surface area contributed by atoms with E-state index in [1.165, 1.54) is 6.20 Å². The van der Waals surface area contributed by atoms with Gasteiger partial charge in [-0.05, 0) is 49.9 Å². The van der Waals surface area contributed by atoms with Crippen molar-refractivity contribution >= 4 is 11.8 Å². The average Bonchev–Trinajstić information content (AvgIpc) is 2.88. The van der Waals surface area contributed by atoms with Crippen LogP contribution in [0.1, 0.15) is 63.2 Å². The minimum Gasteiger partial charge on any atom is -0.332 e. The van der Waals surface area contributed by atoms with Crippen LogP contribution in [0.4, 0.5) is 0 Å². The van der Waals surface area contributed by atoms with Crippen LogP contribution in [0.25, 0.3) is 0 Å². The highest BCUT2D eigenvalue weighted by Crippen LogP contribution is 2.30. The van der Waals surface area contributed by atoms with Gasteiger partial charge in [0.2, 0.25) is 0 Å². The van der Waals surface area contributed by atoms with Crippen LogP contribution in [0.2, 0.25) is 0 Å². The molecule has 33 heavy (non-hydrogen) atoms. The van der Waals surface area contributed by atoms with Crippen molar-refractivity contribution in [3.05, 3.63) is 87.6 Å². The van der Waals surface area contributed by atoms with Crippen LogP contribution in [-0.2, 0) is 13.0 Å². The molecule has 1 fully saturated rings. The van der Waals surface area contributed by atoms with E-state index in [0.717, 1.165) is 12.8 Å². The van der Waals surface area contributed by atoms with Gasteiger partial charge in [-0.2, -0.15) is 0 Å². The molecule has 1 N–H and O–H groups in total. The van der Waals surface area contributed by atoms with Gasteiger partial charge in [0.1, 0.15) is 11.5 Å². The molecule has 168 valence electrons. The Bertz CT molecular complexity index is 1230. The van der Waals surface area contributed by atoms with Crippen LogP contribution in [0.15, 0.2) is 53.7 Å². The second-order valence-electron chi connectivity index (χ2n) is 8.32. The highest BCUT2D eigenvalue weighted by atomic mass is 16.2. The number of likely N-dealkylation sites (tertiary alicyclic amines) is 1. The molecule has 0 radical (unpaired) electrons. The first kappa shape index (κ1) is 21.0. The van der Waals surface area contributed by atoms with E-state index in [4.69, 9.17) is 4.98 Å². The van der Waals surface area contributed by atoms with Crippen molar-refractivity contribution in [3.63, 3.8) is 0 Å². The van der Waals surface area contributed by atoms with Crippen LogP contribution >= 0.6 is 0 Å². The second kappa shape index (κ2) is 8.93. The van der Waals surface area contributed by atoms with Crippen LogP contribution in [-0.4, -0.2) is 54.6 Å². The minimum atomic E-state index is -0.337. The van der Waals surface area contributed by atoms with E-state index >= 15 is 0 Å². The molecule has 0 bridgehead atoms. The van der Waals surface area contributed by atoms with E-state index in [9.17, 15) is 14.4 Å². The minimum absolute atomic E-state index is 0.137. The number of carbonyl (C=O) groups is 2. The molecule has 5 rings (SSSR count). The first-order chi connectivity index (χ1) is 16.1. The zero-order valence-corrected chi connectivity index (χ0v) is 18.1. The van der Waals surface area contributed by atoms with Gasteiger partial charge < -0.3 is 14.8 Å². The lowest BCUT2D eigenvalue weighted by Gasteiger charge is -2.35. The summed E-state index contributed by atoms with van der Waals surface area (Å²) in [5.41, 5.74) is 1.88. The van der Waals surface area contributed by atoms with E-state index in [2.05, 4.69) is 15.0 Å². The van der Waals surface area contributed by atoms with E-state index in [1.807, 2.05) is 0 Å². The summed E-state index contributed by atoms with van der Waals surface area (Å²) in [6.45, 7) is 1.27. The molecule has 2 aliphatic heterocycles. The molecule has 5 heterocycles. The van der Waals surface area contributed by atoms with Gasteiger partial charge in [0.05, 0.1) is 23.8 Å². The molecule has 2 amide bonds. The van der Waals surface area contributed by atoms with E-state index in [0.29, 0.717) is 54.3 Å². The normalized spacial score (nSPS) is 18.0. The molecule has 3 aromatic heterocycles. The zero-order chi connectivity index (χ0) is 22.8. The molecule has 0 saturated carbocycles. The number of piperidine rings is 1. The summed E-state index contributed by atoms with van der Waals surface area (Å²) in [5.74, 6) is 0.162. The van der Waals surface area contributed by atoms with E-state index < -0.39 is 0 Å². The Morgan fingerprint density at radius 1 is 1.03 bits per heavy atom. The molecule has 0 aromatic carbocycles. The fourth-order valence-corrected chi connectivity index (χ4v) is 4.56. The molecule has 3 aromatic rings. The number of nitrogens with zero attached hydrogens (tertiary/aromatic N) is 5. The van der Waals surface area contributed by atoms with Crippen molar-refractivity contribution in [2.45, 2.75) is 38.3 Å². The Kier molecular flexibility index (Phi) is 5.68. The van der Waals surface area contributed by atoms with Crippen molar-refractivity contribution in [3.8, 4) is 0 Å². The lowest BCUT2D eigenvalue weighted by atomic mass is 9.99. The molecular weight excluding hydrogens is 420 g/mol. The van der Waals surface area contributed by atoms with Crippen LogP contribution < -0.4 is 5.56 Å². The highest BCUT2D eigenvalue weighted by Gasteiger charge is 2.33. The Morgan fingerprint density at radius 2 is 1.94 bits per heavy atom. The SMILES string of the molecule is O=C(c1cccnc1)N1CCc2c(nc(C3CCCCN3C(=O)c3ccccn3)[nH]c2=O)C1. The van der Waals surface area contributed by atoms with Gasteiger partial charge in [0.15, 0.2) is 0 Å². The highest BCUT2D eigenvalue weighted by molar-refractivity contribution is 5.94. The van der Waals surface area contributed by atoms with Gasteiger partial charge in [0.25, 0.3) is 17.4 Å². The zero-order valence-electron chi connectivity index (χ0n) is 18.1.